The lowest BCUT2D eigenvalue weighted by Gasteiger charge is -2.58. The maximum Gasteiger partial charge on any atom is 0.303 e. The highest BCUT2D eigenvalue weighted by molar-refractivity contribution is 5.79. The summed E-state index contributed by atoms with van der Waals surface area (Å²) in [6, 6.07) is 0. The molecule has 2 aliphatic heterocycles. The van der Waals surface area contributed by atoms with Crippen molar-refractivity contribution in [3.05, 3.63) is 11.6 Å². The third kappa shape index (κ3) is 5.94. The highest BCUT2D eigenvalue weighted by atomic mass is 16.9. The molecule has 6 aliphatic rings. The monoisotopic (exact) mass is 646 g/mol. The molecule has 13 atom stereocenters. The van der Waals surface area contributed by atoms with Crippen LogP contribution in [0.25, 0.3) is 0 Å². The fourth-order valence-electron chi connectivity index (χ4n) is 10.3. The average Bonchev–Trinajstić information content (AvgIpc) is 3.49. The third-order valence-electron chi connectivity index (χ3n) is 12.3. The summed E-state index contributed by atoms with van der Waals surface area (Å²) in [4.78, 5) is 48.2. The molecular formula is C35H50O11. The van der Waals surface area contributed by atoms with Crippen LogP contribution in [-0.2, 0) is 52.3 Å². The minimum atomic E-state index is -1.51. The largest absolute Gasteiger partial charge is 0.463 e. The van der Waals surface area contributed by atoms with Crippen LogP contribution in [0.4, 0.5) is 0 Å². The zero-order valence-corrected chi connectivity index (χ0v) is 28.2. The Morgan fingerprint density at radius 3 is 2.24 bits per heavy atom. The van der Waals surface area contributed by atoms with Gasteiger partial charge in [-0.15, -0.1) is 0 Å². The molecular weight excluding hydrogens is 596 g/mol. The van der Waals surface area contributed by atoms with Crippen molar-refractivity contribution in [2.45, 2.75) is 143 Å². The number of ketones is 1. The van der Waals surface area contributed by atoms with Gasteiger partial charge in [-0.3, -0.25) is 23.9 Å². The topological polar surface area (TPSA) is 133 Å². The second-order valence-corrected chi connectivity index (χ2v) is 15.1. The van der Waals surface area contributed by atoms with Crippen molar-refractivity contribution in [2.24, 2.45) is 34.5 Å². The van der Waals surface area contributed by atoms with Gasteiger partial charge in [-0.1, -0.05) is 25.5 Å². The van der Waals surface area contributed by atoms with Crippen molar-refractivity contribution in [3.8, 4) is 0 Å². The number of rotatable bonds is 7. The molecule has 0 amide bonds. The van der Waals surface area contributed by atoms with Gasteiger partial charge in [0.1, 0.15) is 18.5 Å². The van der Waals surface area contributed by atoms with Crippen molar-refractivity contribution in [3.63, 3.8) is 0 Å². The fourth-order valence-corrected chi connectivity index (χ4v) is 10.3. The maximum absolute atomic E-state index is 12.5. The number of fused-ring (bicyclic) bond motifs is 6. The van der Waals surface area contributed by atoms with E-state index in [1.165, 1.54) is 26.3 Å². The second-order valence-electron chi connectivity index (χ2n) is 15.1. The SMILES string of the molecule is CC(=O)OC[C@H]1O[C@@H]2OC(C)(O[C@H]3CC[C@@]4(C)C(=CC[C@H]5[C@@H]6CC[C@H](C(C)=O)[C@@]6(C)CC[C@@H]54)C3)O[C@@H]2[C@@H](OC(C)=O)[C@@H]1OC(C)=O. The molecule has 6 rings (SSSR count). The summed E-state index contributed by atoms with van der Waals surface area (Å²) in [7, 11) is 0. The van der Waals surface area contributed by atoms with Crippen LogP contribution in [0.1, 0.15) is 99.8 Å². The van der Waals surface area contributed by atoms with Gasteiger partial charge >= 0.3 is 17.9 Å². The Morgan fingerprint density at radius 1 is 0.848 bits per heavy atom. The summed E-state index contributed by atoms with van der Waals surface area (Å²) in [6.07, 6.45) is 5.25. The number of Topliss-reactive ketones (excluding diaryl/α,β-unsaturated/α-hetero) is 1. The summed E-state index contributed by atoms with van der Waals surface area (Å²) in [6.45, 7) is 11.8. The maximum atomic E-state index is 12.5. The van der Waals surface area contributed by atoms with Gasteiger partial charge in [0.05, 0.1) is 6.10 Å². The van der Waals surface area contributed by atoms with E-state index >= 15 is 0 Å². The fraction of sp³-hybridized carbons (Fsp3) is 0.829. The lowest BCUT2D eigenvalue weighted by molar-refractivity contribution is -0.360. The number of carbonyl (C=O) groups is 4. The van der Waals surface area contributed by atoms with Crippen LogP contribution in [0.5, 0.6) is 0 Å². The van der Waals surface area contributed by atoms with Crippen LogP contribution in [0.3, 0.4) is 0 Å². The van der Waals surface area contributed by atoms with Gasteiger partial charge in [0.15, 0.2) is 24.6 Å². The van der Waals surface area contributed by atoms with Crippen molar-refractivity contribution in [1.29, 1.82) is 0 Å². The van der Waals surface area contributed by atoms with Gasteiger partial charge in [-0.2, -0.15) is 0 Å². The minimum absolute atomic E-state index is 0.0927. The van der Waals surface area contributed by atoms with E-state index in [4.69, 9.17) is 33.2 Å². The van der Waals surface area contributed by atoms with Crippen LogP contribution >= 0.6 is 0 Å². The molecule has 0 aromatic heterocycles. The second kappa shape index (κ2) is 12.3. The Kier molecular flexibility index (Phi) is 8.96. The zero-order chi connectivity index (χ0) is 33.2. The Balaban J connectivity index is 1.16. The van der Waals surface area contributed by atoms with E-state index in [0.717, 1.165) is 51.4 Å². The van der Waals surface area contributed by atoms with Gasteiger partial charge < -0.3 is 28.4 Å². The molecule has 4 aliphatic carbocycles. The lowest BCUT2D eigenvalue weighted by Crippen LogP contribution is -2.60. The molecule has 5 fully saturated rings. The van der Waals surface area contributed by atoms with Gasteiger partial charge in [-0.05, 0) is 86.9 Å². The first-order valence-corrected chi connectivity index (χ1v) is 17.0. The molecule has 0 radical (unpaired) electrons. The quantitative estimate of drug-likeness (QED) is 0.215. The first-order valence-electron chi connectivity index (χ1n) is 17.0. The summed E-state index contributed by atoms with van der Waals surface area (Å²) >= 11 is 0. The van der Waals surface area contributed by atoms with E-state index in [1.54, 1.807) is 13.8 Å². The standard InChI is InChI=1S/C35H50O11/c1-18(36)25-10-11-26-24-9-8-22-16-23(12-14-33(22,5)27(24)13-15-34(25,26)6)44-35(7)45-31-30(42-21(4)39)29(41-20(3)38)28(17-40-19(2)37)43-32(31)46-35/h8,23-32H,9-17H2,1-7H3/t23-,24-,25+,26-,27-,28+,29+,30-,31+,32+,33-,34+,35?/m0/s1. The zero-order valence-electron chi connectivity index (χ0n) is 28.2. The van der Waals surface area contributed by atoms with Gasteiger partial charge in [-0.25, -0.2) is 0 Å². The molecule has 2 saturated heterocycles. The Bertz CT molecular complexity index is 1280. The number of esters is 3. The van der Waals surface area contributed by atoms with Crippen molar-refractivity contribution >= 4 is 23.7 Å². The van der Waals surface area contributed by atoms with Gasteiger partial charge in [0.25, 0.3) is 5.97 Å². The number of ether oxygens (including phenoxy) is 7. The molecule has 0 aromatic carbocycles. The Morgan fingerprint density at radius 2 is 1.57 bits per heavy atom. The van der Waals surface area contributed by atoms with Crippen LogP contribution in [0, 0.1) is 34.5 Å². The van der Waals surface area contributed by atoms with Crippen molar-refractivity contribution < 1.29 is 52.3 Å². The summed E-state index contributed by atoms with van der Waals surface area (Å²) in [5.41, 5.74) is 1.64. The lowest BCUT2D eigenvalue weighted by atomic mass is 9.47. The summed E-state index contributed by atoms with van der Waals surface area (Å²) < 4.78 is 41.4. The number of hydrogen-bond donors (Lipinski definition) is 0. The molecule has 11 nitrogen and oxygen atoms in total. The van der Waals surface area contributed by atoms with E-state index in [1.807, 2.05) is 0 Å². The van der Waals surface area contributed by atoms with E-state index in [9.17, 15) is 19.2 Å². The van der Waals surface area contributed by atoms with Gasteiger partial charge in [0.2, 0.25) is 0 Å². The molecule has 1 unspecified atom stereocenters. The highest BCUT2D eigenvalue weighted by Gasteiger charge is 2.62. The Hall–Kier alpha value is -2.34. The van der Waals surface area contributed by atoms with Crippen molar-refractivity contribution in [2.75, 3.05) is 6.61 Å². The molecule has 46 heavy (non-hydrogen) atoms. The van der Waals surface area contributed by atoms with E-state index in [-0.39, 0.29) is 29.5 Å². The molecule has 256 valence electrons. The van der Waals surface area contributed by atoms with E-state index < -0.39 is 54.6 Å². The van der Waals surface area contributed by atoms with Crippen LogP contribution in [0.15, 0.2) is 11.6 Å². The van der Waals surface area contributed by atoms with E-state index in [2.05, 4.69) is 19.9 Å². The smallest absolute Gasteiger partial charge is 0.303 e. The predicted octanol–water partition coefficient (Wildman–Crippen LogP) is 4.78. The van der Waals surface area contributed by atoms with Gasteiger partial charge in [0, 0.05) is 33.6 Å². The predicted molar refractivity (Wildman–Crippen MR) is 162 cm³/mol. The number of hydrogen-bond acceptors (Lipinski definition) is 11. The van der Waals surface area contributed by atoms with Crippen LogP contribution in [-0.4, -0.2) is 73.1 Å². The average molecular weight is 647 g/mol. The normalized spacial score (nSPS) is 46.1. The minimum Gasteiger partial charge on any atom is -0.463 e. The summed E-state index contributed by atoms with van der Waals surface area (Å²) in [5, 5.41) is 0. The van der Waals surface area contributed by atoms with Crippen LogP contribution in [0.2, 0.25) is 0 Å². The molecule has 11 heteroatoms. The molecule has 2 heterocycles. The molecule has 0 bridgehead atoms. The van der Waals surface area contributed by atoms with E-state index in [0.29, 0.717) is 23.5 Å². The Labute approximate surface area is 271 Å². The number of allylic oxidation sites excluding steroid dienone is 1. The third-order valence-corrected chi connectivity index (χ3v) is 12.3. The van der Waals surface area contributed by atoms with Crippen molar-refractivity contribution in [1.82, 2.24) is 0 Å². The summed E-state index contributed by atoms with van der Waals surface area (Å²) in [5.74, 6) is -0.909. The number of carbonyl (C=O) groups excluding carboxylic acids is 4. The van der Waals surface area contributed by atoms with Crippen LogP contribution < -0.4 is 0 Å². The highest BCUT2D eigenvalue weighted by Crippen LogP contribution is 2.66. The first kappa shape index (κ1) is 33.6. The molecule has 0 spiro atoms. The molecule has 3 saturated carbocycles. The molecule has 0 N–H and O–H groups in total. The first-order chi connectivity index (χ1) is 21.6. The molecule has 0 aromatic rings.